The summed E-state index contributed by atoms with van der Waals surface area (Å²) in [6.45, 7) is 2.76. The topological polar surface area (TPSA) is 73.0 Å². The number of hydrogen-bond donors (Lipinski definition) is 1. The smallest absolute Gasteiger partial charge is 0.163 e. The number of rotatable bonds is 7. The number of benzene rings is 1. The van der Waals surface area contributed by atoms with E-state index < -0.39 is 0 Å². The van der Waals surface area contributed by atoms with Gasteiger partial charge in [-0.05, 0) is 31.0 Å². The molecule has 0 amide bonds. The highest BCUT2D eigenvalue weighted by Gasteiger charge is 2.16. The number of furan rings is 1. The van der Waals surface area contributed by atoms with Gasteiger partial charge in [-0.15, -0.1) is 0 Å². The van der Waals surface area contributed by atoms with Crippen LogP contribution in [0.2, 0.25) is 0 Å². The third-order valence-corrected chi connectivity index (χ3v) is 4.49. The molecule has 0 saturated carbocycles. The van der Waals surface area contributed by atoms with E-state index in [0.29, 0.717) is 18.7 Å². The summed E-state index contributed by atoms with van der Waals surface area (Å²) < 4.78 is 7.18. The van der Waals surface area contributed by atoms with Crippen molar-refractivity contribution in [2.45, 2.75) is 19.9 Å². The van der Waals surface area contributed by atoms with Crippen LogP contribution in [0, 0.1) is 0 Å². The predicted octanol–water partition coefficient (Wildman–Crippen LogP) is 3.93. The fourth-order valence-corrected chi connectivity index (χ4v) is 3.13. The number of nitrogens with one attached hydrogen (secondary N) is 1. The number of fused-ring (bicyclic) bond motifs is 1. The third-order valence-electron chi connectivity index (χ3n) is 4.49. The lowest BCUT2D eigenvalue weighted by atomic mass is 10.1. The lowest BCUT2D eigenvalue weighted by Gasteiger charge is -2.12. The number of Topliss-reactive ketones (excluding diaryl/α,β-unsaturated/α-hetero) is 1. The van der Waals surface area contributed by atoms with E-state index in [-0.39, 0.29) is 5.78 Å². The van der Waals surface area contributed by atoms with Crippen molar-refractivity contribution in [2.24, 2.45) is 0 Å². The second kappa shape index (κ2) is 7.45. The van der Waals surface area contributed by atoms with Crippen LogP contribution in [0.15, 0.2) is 65.5 Å². The Morgan fingerprint density at radius 2 is 2.00 bits per heavy atom. The normalized spacial score (nSPS) is 11.0. The van der Waals surface area contributed by atoms with Crippen molar-refractivity contribution >= 4 is 22.5 Å². The molecule has 4 rings (SSSR count). The average Bonchev–Trinajstić information content (AvgIpc) is 3.33. The maximum Gasteiger partial charge on any atom is 0.163 e. The van der Waals surface area contributed by atoms with Gasteiger partial charge >= 0.3 is 0 Å². The molecule has 136 valence electrons. The van der Waals surface area contributed by atoms with Crippen molar-refractivity contribution < 1.29 is 9.21 Å². The van der Waals surface area contributed by atoms with Crippen molar-refractivity contribution in [2.75, 3.05) is 11.9 Å². The van der Waals surface area contributed by atoms with Gasteiger partial charge < -0.3 is 9.73 Å². The Kier molecular flexibility index (Phi) is 4.70. The molecule has 0 spiro atoms. The maximum absolute atomic E-state index is 12.1. The van der Waals surface area contributed by atoms with Gasteiger partial charge in [-0.3, -0.25) is 4.79 Å². The summed E-state index contributed by atoms with van der Waals surface area (Å²) in [5, 5.41) is 8.70. The second-order valence-electron chi connectivity index (χ2n) is 6.38. The number of carbonyl (C=O) groups is 1. The van der Waals surface area contributed by atoms with E-state index >= 15 is 0 Å². The maximum atomic E-state index is 12.1. The Labute approximate surface area is 156 Å². The third kappa shape index (κ3) is 3.60. The Bertz CT molecular complexity index is 1050. The number of hydrogen-bond acceptors (Lipinski definition) is 5. The first-order valence-electron chi connectivity index (χ1n) is 8.88. The largest absolute Gasteiger partial charge is 0.467 e. The molecule has 0 aliphatic heterocycles. The first kappa shape index (κ1) is 17.0. The van der Waals surface area contributed by atoms with Crippen LogP contribution in [-0.4, -0.2) is 27.1 Å². The quantitative estimate of drug-likeness (QED) is 0.506. The van der Waals surface area contributed by atoms with Crippen LogP contribution in [-0.2, 0) is 13.0 Å². The zero-order chi connectivity index (χ0) is 18.6. The number of pyridine rings is 1. The summed E-state index contributed by atoms with van der Waals surface area (Å²) in [6.07, 6.45) is 5.87. The van der Waals surface area contributed by atoms with Crippen LogP contribution in [0.5, 0.6) is 0 Å². The molecule has 0 radical (unpaired) electrons. The Hall–Kier alpha value is -3.41. The summed E-state index contributed by atoms with van der Waals surface area (Å²) >= 11 is 0. The molecule has 1 aromatic carbocycles. The van der Waals surface area contributed by atoms with Gasteiger partial charge in [0.05, 0.1) is 29.1 Å². The molecule has 4 aromatic rings. The van der Waals surface area contributed by atoms with Crippen molar-refractivity contribution in [1.82, 2.24) is 14.8 Å². The molecule has 1 N–H and O–H groups in total. The van der Waals surface area contributed by atoms with Gasteiger partial charge in [0.15, 0.2) is 11.4 Å². The molecular weight excluding hydrogens is 340 g/mol. The molecule has 6 nitrogen and oxygen atoms in total. The minimum Gasteiger partial charge on any atom is -0.467 e. The molecular formula is C21H20N4O2. The summed E-state index contributed by atoms with van der Waals surface area (Å²) in [4.78, 5) is 16.6. The van der Waals surface area contributed by atoms with Crippen LogP contribution in [0.4, 0.5) is 5.69 Å². The van der Waals surface area contributed by atoms with Gasteiger partial charge in [0.2, 0.25) is 0 Å². The van der Waals surface area contributed by atoms with E-state index in [0.717, 1.165) is 28.9 Å². The Morgan fingerprint density at radius 3 is 2.74 bits per heavy atom. The number of nitrogens with zero attached hydrogens (tertiary/aromatic N) is 3. The minimum atomic E-state index is -0.0228. The van der Waals surface area contributed by atoms with E-state index in [1.54, 1.807) is 30.3 Å². The highest BCUT2D eigenvalue weighted by atomic mass is 16.3. The van der Waals surface area contributed by atoms with Gasteiger partial charge in [-0.2, -0.15) is 5.10 Å². The molecule has 0 atom stereocenters. The zero-order valence-electron chi connectivity index (χ0n) is 15.1. The van der Waals surface area contributed by atoms with Crippen molar-refractivity contribution in [3.63, 3.8) is 0 Å². The molecule has 0 aliphatic rings. The van der Waals surface area contributed by atoms with Gasteiger partial charge in [-0.25, -0.2) is 9.67 Å². The molecule has 27 heavy (non-hydrogen) atoms. The van der Waals surface area contributed by atoms with Crippen molar-refractivity contribution in [3.8, 4) is 0 Å². The summed E-state index contributed by atoms with van der Waals surface area (Å²) in [5.74, 6) is 0.779. The first-order chi connectivity index (χ1) is 13.2. The summed E-state index contributed by atoms with van der Waals surface area (Å²) in [5.41, 5.74) is 3.33. The molecule has 6 heteroatoms. The molecule has 0 aliphatic carbocycles. The second-order valence-corrected chi connectivity index (χ2v) is 6.38. The molecule has 0 bridgehead atoms. The van der Waals surface area contributed by atoms with Crippen LogP contribution in [0.1, 0.15) is 28.6 Å². The fourth-order valence-electron chi connectivity index (χ4n) is 3.13. The predicted molar refractivity (Wildman–Crippen MR) is 104 cm³/mol. The van der Waals surface area contributed by atoms with Gasteiger partial charge in [0.25, 0.3) is 0 Å². The van der Waals surface area contributed by atoms with E-state index in [4.69, 9.17) is 4.42 Å². The summed E-state index contributed by atoms with van der Waals surface area (Å²) in [6, 6.07) is 14.0. The van der Waals surface area contributed by atoms with Crippen molar-refractivity contribution in [1.29, 1.82) is 0 Å². The van der Waals surface area contributed by atoms with E-state index in [1.165, 1.54) is 5.56 Å². The zero-order valence-corrected chi connectivity index (χ0v) is 15.1. The summed E-state index contributed by atoms with van der Waals surface area (Å²) in [7, 11) is 0. The number of aromatic nitrogens is 3. The lowest BCUT2D eigenvalue weighted by Crippen LogP contribution is -2.10. The van der Waals surface area contributed by atoms with Crippen LogP contribution >= 0.6 is 0 Å². The first-order valence-corrected chi connectivity index (χ1v) is 8.88. The number of ketones is 1. The Morgan fingerprint density at radius 1 is 1.15 bits per heavy atom. The highest BCUT2D eigenvalue weighted by Crippen LogP contribution is 2.27. The lowest BCUT2D eigenvalue weighted by molar-refractivity contribution is 0.101. The number of carbonyl (C=O) groups excluding carboxylic acids is 1. The van der Waals surface area contributed by atoms with Crippen molar-refractivity contribution in [3.05, 3.63) is 78.0 Å². The van der Waals surface area contributed by atoms with Crippen LogP contribution in [0.25, 0.3) is 11.0 Å². The molecule has 0 fully saturated rings. The molecule has 0 saturated heterocycles. The van der Waals surface area contributed by atoms with E-state index in [1.807, 2.05) is 30.3 Å². The number of anilines is 1. The monoisotopic (exact) mass is 360 g/mol. The van der Waals surface area contributed by atoms with Crippen LogP contribution in [0.3, 0.4) is 0 Å². The Balaban J connectivity index is 1.63. The minimum absolute atomic E-state index is 0.0228. The standard InChI is InChI=1S/C21H20N4O2/c1-15(26)18-12-23-21-19(13-24-25(21)14-17-8-5-11-27-17)20(18)22-10-9-16-6-3-2-4-7-16/h2-8,11-13H,9-10,14H2,1H3,(H,22,23). The average molecular weight is 360 g/mol. The molecule has 3 heterocycles. The molecule has 0 unspecified atom stereocenters. The van der Waals surface area contributed by atoms with Gasteiger partial charge in [-0.1, -0.05) is 30.3 Å². The fraction of sp³-hybridized carbons (Fsp3) is 0.190. The van der Waals surface area contributed by atoms with E-state index in [9.17, 15) is 4.79 Å². The van der Waals surface area contributed by atoms with Crippen LogP contribution < -0.4 is 5.32 Å². The van der Waals surface area contributed by atoms with E-state index in [2.05, 4.69) is 27.5 Å². The molecule has 3 aromatic heterocycles. The SMILES string of the molecule is CC(=O)c1cnc2c(cnn2Cc2ccco2)c1NCCc1ccccc1. The highest BCUT2D eigenvalue weighted by molar-refractivity contribution is 6.06. The van der Waals surface area contributed by atoms with Gasteiger partial charge in [0, 0.05) is 12.7 Å². The van der Waals surface area contributed by atoms with Gasteiger partial charge in [0.1, 0.15) is 12.3 Å².